The van der Waals surface area contributed by atoms with E-state index in [1.54, 1.807) is 12.1 Å². The first kappa shape index (κ1) is 20.1. The summed E-state index contributed by atoms with van der Waals surface area (Å²) >= 11 is 10.4. The van der Waals surface area contributed by atoms with E-state index in [1.807, 2.05) is 43.3 Å². The SMILES string of the molecule is Cc1ccc(-c2ccc(/C=N/NC(=O)c3cc4cc(Br)cc(Br)c4o3)o2)c(Br)c1. The predicted molar refractivity (Wildman–Crippen MR) is 123 cm³/mol. The van der Waals surface area contributed by atoms with Crippen molar-refractivity contribution in [3.8, 4) is 11.3 Å². The van der Waals surface area contributed by atoms with Gasteiger partial charge in [0.25, 0.3) is 0 Å². The summed E-state index contributed by atoms with van der Waals surface area (Å²) in [5, 5.41) is 4.77. The lowest BCUT2D eigenvalue weighted by Crippen LogP contribution is -2.16. The van der Waals surface area contributed by atoms with Crippen LogP contribution >= 0.6 is 47.8 Å². The molecule has 1 amide bonds. The Kier molecular flexibility index (Phi) is 5.76. The third kappa shape index (κ3) is 4.39. The number of hydrogen-bond donors (Lipinski definition) is 1. The van der Waals surface area contributed by atoms with Crippen LogP contribution in [0, 0.1) is 6.92 Å². The van der Waals surface area contributed by atoms with Gasteiger partial charge in [-0.15, -0.1) is 0 Å². The lowest BCUT2D eigenvalue weighted by Gasteiger charge is -2.01. The van der Waals surface area contributed by atoms with Gasteiger partial charge in [0, 0.05) is 19.9 Å². The summed E-state index contributed by atoms with van der Waals surface area (Å²) in [4.78, 5) is 12.3. The number of hydrazone groups is 1. The van der Waals surface area contributed by atoms with Gasteiger partial charge in [-0.25, -0.2) is 5.43 Å². The van der Waals surface area contributed by atoms with Gasteiger partial charge in [0.2, 0.25) is 0 Å². The molecule has 0 unspecified atom stereocenters. The lowest BCUT2D eigenvalue weighted by molar-refractivity contribution is 0.0929. The van der Waals surface area contributed by atoms with Crippen LogP contribution in [0.1, 0.15) is 21.9 Å². The highest BCUT2D eigenvalue weighted by atomic mass is 79.9. The molecule has 0 atom stereocenters. The average molecular weight is 581 g/mol. The Balaban J connectivity index is 1.47. The highest BCUT2D eigenvalue weighted by Crippen LogP contribution is 2.31. The number of amides is 1. The minimum absolute atomic E-state index is 0.166. The Hall–Kier alpha value is -2.16. The van der Waals surface area contributed by atoms with Crippen LogP contribution in [0.4, 0.5) is 0 Å². The maximum Gasteiger partial charge on any atom is 0.307 e. The summed E-state index contributed by atoms with van der Waals surface area (Å²) in [5.74, 6) is 0.939. The summed E-state index contributed by atoms with van der Waals surface area (Å²) in [6.45, 7) is 2.02. The number of carbonyl (C=O) groups is 1. The van der Waals surface area contributed by atoms with Crippen molar-refractivity contribution < 1.29 is 13.6 Å². The van der Waals surface area contributed by atoms with E-state index >= 15 is 0 Å². The van der Waals surface area contributed by atoms with Gasteiger partial charge in [-0.1, -0.05) is 37.9 Å². The van der Waals surface area contributed by atoms with E-state index in [0.29, 0.717) is 17.1 Å². The molecule has 0 radical (unpaired) electrons. The molecule has 8 heteroatoms. The Labute approximate surface area is 191 Å². The summed E-state index contributed by atoms with van der Waals surface area (Å²) < 4.78 is 14.0. The molecule has 0 fully saturated rings. The number of rotatable bonds is 4. The van der Waals surface area contributed by atoms with Gasteiger partial charge < -0.3 is 8.83 Å². The van der Waals surface area contributed by atoms with Crippen molar-refractivity contribution in [1.82, 2.24) is 5.43 Å². The van der Waals surface area contributed by atoms with Crippen molar-refractivity contribution in [1.29, 1.82) is 0 Å². The Bertz CT molecular complexity index is 1260. The van der Waals surface area contributed by atoms with E-state index in [4.69, 9.17) is 8.83 Å². The van der Waals surface area contributed by atoms with Gasteiger partial charge in [-0.05, 0) is 70.9 Å². The van der Waals surface area contributed by atoms with E-state index < -0.39 is 5.91 Å². The summed E-state index contributed by atoms with van der Waals surface area (Å²) in [6.07, 6.45) is 1.44. The van der Waals surface area contributed by atoms with Gasteiger partial charge in [-0.2, -0.15) is 5.10 Å². The van der Waals surface area contributed by atoms with E-state index in [2.05, 4.69) is 58.3 Å². The van der Waals surface area contributed by atoms with Crippen LogP contribution in [-0.2, 0) is 0 Å². The molecule has 4 rings (SSSR count). The van der Waals surface area contributed by atoms with Crippen molar-refractivity contribution in [2.45, 2.75) is 6.92 Å². The molecule has 0 bridgehead atoms. The molecule has 1 N–H and O–H groups in total. The fourth-order valence-electron chi connectivity index (χ4n) is 2.78. The van der Waals surface area contributed by atoms with E-state index in [0.717, 1.165) is 29.9 Å². The van der Waals surface area contributed by atoms with E-state index in [1.165, 1.54) is 6.21 Å². The second-order valence-electron chi connectivity index (χ2n) is 6.30. The number of carbonyl (C=O) groups excluding carboxylic acids is 1. The van der Waals surface area contributed by atoms with Crippen LogP contribution in [0.3, 0.4) is 0 Å². The van der Waals surface area contributed by atoms with Crippen LogP contribution in [0.15, 0.2) is 75.9 Å². The average Bonchev–Trinajstić information content (AvgIpc) is 3.29. The molecule has 2 aromatic heterocycles. The van der Waals surface area contributed by atoms with E-state index in [-0.39, 0.29) is 5.76 Å². The molecule has 0 spiro atoms. The maximum atomic E-state index is 12.3. The van der Waals surface area contributed by atoms with Crippen molar-refractivity contribution in [2.24, 2.45) is 5.10 Å². The molecule has 29 heavy (non-hydrogen) atoms. The number of halogens is 3. The van der Waals surface area contributed by atoms with E-state index in [9.17, 15) is 4.79 Å². The largest absolute Gasteiger partial charge is 0.455 e. The molecule has 4 aromatic rings. The number of hydrogen-bond acceptors (Lipinski definition) is 4. The number of benzene rings is 2. The minimum atomic E-state index is -0.450. The summed E-state index contributed by atoms with van der Waals surface area (Å²) in [6, 6.07) is 15.1. The summed E-state index contributed by atoms with van der Waals surface area (Å²) in [5.41, 5.74) is 5.15. The Morgan fingerprint density at radius 2 is 1.83 bits per heavy atom. The molecule has 2 aromatic carbocycles. The number of furan rings is 2. The number of nitrogens with zero attached hydrogens (tertiary/aromatic N) is 1. The third-order valence-corrected chi connectivity index (χ3v) is 5.84. The molecule has 0 aliphatic carbocycles. The second-order valence-corrected chi connectivity index (χ2v) is 8.93. The van der Waals surface area contributed by atoms with Crippen LogP contribution in [0.5, 0.6) is 0 Å². The van der Waals surface area contributed by atoms with Gasteiger partial charge in [-0.3, -0.25) is 4.79 Å². The van der Waals surface area contributed by atoms with Gasteiger partial charge in [0.15, 0.2) is 5.76 Å². The fourth-order valence-corrected chi connectivity index (χ4v) is 4.81. The quantitative estimate of drug-likeness (QED) is 0.208. The minimum Gasteiger partial charge on any atom is -0.455 e. The van der Waals surface area contributed by atoms with Gasteiger partial charge in [0.1, 0.15) is 17.1 Å². The molecule has 2 heterocycles. The second kappa shape index (κ2) is 8.30. The highest BCUT2D eigenvalue weighted by molar-refractivity contribution is 9.11. The van der Waals surface area contributed by atoms with Crippen molar-refractivity contribution in [2.75, 3.05) is 0 Å². The van der Waals surface area contributed by atoms with Crippen molar-refractivity contribution in [3.05, 3.63) is 79.0 Å². The van der Waals surface area contributed by atoms with Crippen LogP contribution < -0.4 is 5.43 Å². The third-order valence-electron chi connectivity index (χ3n) is 4.13. The standard InChI is InChI=1S/C21H13Br3N2O3/c1-11-2-4-15(16(23)6-11)18-5-3-14(28-18)10-25-26-21(27)19-8-12-7-13(22)9-17(24)20(12)29-19/h2-10H,1H3,(H,26,27)/b25-10+. The number of fused-ring (bicyclic) bond motifs is 1. The molecule has 0 aliphatic heterocycles. The molecular formula is C21H13Br3N2O3. The van der Waals surface area contributed by atoms with Gasteiger partial charge >= 0.3 is 5.91 Å². The molecule has 0 saturated heterocycles. The zero-order valence-electron chi connectivity index (χ0n) is 15.0. The van der Waals surface area contributed by atoms with Crippen LogP contribution in [0.2, 0.25) is 0 Å². The normalized spacial score (nSPS) is 11.4. The van der Waals surface area contributed by atoms with Crippen LogP contribution in [-0.4, -0.2) is 12.1 Å². The molecule has 0 saturated carbocycles. The lowest BCUT2D eigenvalue weighted by atomic mass is 10.1. The summed E-state index contributed by atoms with van der Waals surface area (Å²) in [7, 11) is 0. The Morgan fingerprint density at radius 3 is 2.62 bits per heavy atom. The predicted octanol–water partition coefficient (Wildman–Crippen LogP) is 7.05. The molecule has 5 nitrogen and oxygen atoms in total. The highest BCUT2D eigenvalue weighted by Gasteiger charge is 2.14. The first-order valence-corrected chi connectivity index (χ1v) is 10.9. The van der Waals surface area contributed by atoms with Crippen molar-refractivity contribution >= 4 is 70.9 Å². The topological polar surface area (TPSA) is 67.7 Å². The first-order chi connectivity index (χ1) is 13.9. The van der Waals surface area contributed by atoms with Crippen LogP contribution in [0.25, 0.3) is 22.3 Å². The Morgan fingerprint density at radius 1 is 1.00 bits per heavy atom. The molecule has 146 valence electrons. The first-order valence-electron chi connectivity index (χ1n) is 8.49. The number of aryl methyl sites for hydroxylation is 1. The molecule has 0 aliphatic rings. The zero-order chi connectivity index (χ0) is 20.5. The fraction of sp³-hybridized carbons (Fsp3) is 0.0476. The van der Waals surface area contributed by atoms with Gasteiger partial charge in [0.05, 0.1) is 10.7 Å². The van der Waals surface area contributed by atoms with Crippen molar-refractivity contribution in [3.63, 3.8) is 0 Å². The monoisotopic (exact) mass is 578 g/mol. The molecular weight excluding hydrogens is 568 g/mol. The zero-order valence-corrected chi connectivity index (χ0v) is 19.8. The number of nitrogens with one attached hydrogen (secondary N) is 1. The smallest absolute Gasteiger partial charge is 0.307 e. The maximum absolute atomic E-state index is 12.3.